The molecule has 0 spiro atoms. The molecule has 5 heteroatoms. The lowest BCUT2D eigenvalue weighted by Gasteiger charge is -2.28. The Hall–Kier alpha value is -0.650. The summed E-state index contributed by atoms with van der Waals surface area (Å²) >= 11 is 0. The van der Waals surface area contributed by atoms with E-state index in [1.54, 1.807) is 0 Å². The van der Waals surface area contributed by atoms with E-state index in [2.05, 4.69) is 10.2 Å². The van der Waals surface area contributed by atoms with Gasteiger partial charge in [0.05, 0.1) is 19.3 Å². The fourth-order valence-electron chi connectivity index (χ4n) is 1.33. The molecule has 1 atom stereocenters. The van der Waals surface area contributed by atoms with Gasteiger partial charge in [-0.1, -0.05) is 0 Å². The summed E-state index contributed by atoms with van der Waals surface area (Å²) in [5, 5.41) is 11.9. The first-order valence-electron chi connectivity index (χ1n) is 4.48. The zero-order valence-corrected chi connectivity index (χ0v) is 7.61. The van der Waals surface area contributed by atoms with Crippen LogP contribution in [0.2, 0.25) is 0 Å². The topological polar surface area (TPSA) is 61.8 Å². The van der Waals surface area contributed by atoms with Gasteiger partial charge in [-0.3, -0.25) is 9.69 Å². The summed E-state index contributed by atoms with van der Waals surface area (Å²) in [6, 6.07) is 0. The molecule has 0 aromatic carbocycles. The number of hydrogen-bond acceptors (Lipinski definition) is 4. The molecule has 0 aromatic heterocycles. The van der Waals surface area contributed by atoms with Gasteiger partial charge in [0.15, 0.2) is 0 Å². The van der Waals surface area contributed by atoms with E-state index in [4.69, 9.17) is 4.74 Å². The summed E-state index contributed by atoms with van der Waals surface area (Å²) in [6.07, 6.45) is 0.117. The number of β-amino-alcohol motifs (C(OH)–C–C–N with tert-alkyl or cyclic N) is 1. The molecule has 1 heterocycles. The molecule has 13 heavy (non-hydrogen) atoms. The van der Waals surface area contributed by atoms with Crippen LogP contribution in [0.1, 0.15) is 0 Å². The summed E-state index contributed by atoms with van der Waals surface area (Å²) < 4.78 is 5.17. The zero-order chi connectivity index (χ0) is 9.52. The van der Waals surface area contributed by atoms with Gasteiger partial charge in [0.2, 0.25) is 6.41 Å². The number of rotatable bonds is 5. The Morgan fingerprint density at radius 3 is 2.85 bits per heavy atom. The molecular weight excluding hydrogens is 172 g/mol. The molecule has 0 saturated carbocycles. The third-order valence-corrected chi connectivity index (χ3v) is 2.01. The molecule has 0 unspecified atom stereocenters. The third kappa shape index (κ3) is 4.21. The molecule has 1 aliphatic heterocycles. The van der Waals surface area contributed by atoms with Crippen LogP contribution in [0.4, 0.5) is 0 Å². The van der Waals surface area contributed by atoms with Crippen LogP contribution in [-0.2, 0) is 9.53 Å². The predicted octanol–water partition coefficient (Wildman–Crippen LogP) is -1.57. The maximum absolute atomic E-state index is 9.95. The minimum atomic E-state index is -0.483. The number of carbonyl (C=O) groups excluding carboxylic acids is 1. The van der Waals surface area contributed by atoms with Gasteiger partial charge < -0.3 is 15.2 Å². The van der Waals surface area contributed by atoms with Crippen LogP contribution in [0.5, 0.6) is 0 Å². The van der Waals surface area contributed by atoms with E-state index in [-0.39, 0.29) is 0 Å². The summed E-state index contributed by atoms with van der Waals surface area (Å²) in [5.74, 6) is 0. The Morgan fingerprint density at radius 2 is 2.23 bits per heavy atom. The van der Waals surface area contributed by atoms with Gasteiger partial charge in [-0.25, -0.2) is 0 Å². The Balaban J connectivity index is 2.10. The summed E-state index contributed by atoms with van der Waals surface area (Å²) in [6.45, 7) is 4.10. The highest BCUT2D eigenvalue weighted by Gasteiger charge is 2.13. The van der Waals surface area contributed by atoms with Crippen LogP contribution >= 0.6 is 0 Å². The Labute approximate surface area is 77.7 Å². The molecule has 1 fully saturated rings. The molecule has 0 aromatic rings. The number of nitrogens with one attached hydrogen (secondary N) is 1. The molecule has 76 valence electrons. The van der Waals surface area contributed by atoms with Crippen LogP contribution in [0.25, 0.3) is 0 Å². The van der Waals surface area contributed by atoms with Crippen molar-refractivity contribution in [2.45, 2.75) is 6.10 Å². The first kappa shape index (κ1) is 10.4. The summed E-state index contributed by atoms with van der Waals surface area (Å²) in [4.78, 5) is 12.1. The predicted molar refractivity (Wildman–Crippen MR) is 47.3 cm³/mol. The number of ether oxygens (including phenoxy) is 1. The summed E-state index contributed by atoms with van der Waals surface area (Å²) in [5.41, 5.74) is 0. The van der Waals surface area contributed by atoms with Gasteiger partial charge >= 0.3 is 0 Å². The van der Waals surface area contributed by atoms with E-state index in [0.29, 0.717) is 19.5 Å². The normalized spacial score (nSPS) is 21.0. The third-order valence-electron chi connectivity index (χ3n) is 2.01. The van der Waals surface area contributed by atoms with Gasteiger partial charge in [-0.2, -0.15) is 0 Å². The number of aliphatic hydroxyl groups excluding tert-OH is 1. The number of hydrogen-bond donors (Lipinski definition) is 2. The van der Waals surface area contributed by atoms with Crippen molar-refractivity contribution in [3.63, 3.8) is 0 Å². The van der Waals surface area contributed by atoms with E-state index in [9.17, 15) is 9.90 Å². The molecule has 0 aliphatic carbocycles. The SMILES string of the molecule is O=CNC[C@@H](O)CN1CCOCC1. The number of amides is 1. The van der Waals surface area contributed by atoms with Crippen molar-refractivity contribution in [3.8, 4) is 0 Å². The standard InChI is InChI=1S/C8H16N2O3/c11-7-9-5-8(12)6-10-1-3-13-4-2-10/h7-8,12H,1-6H2,(H,9,11)/t8-/m1/s1. The van der Waals surface area contributed by atoms with Crippen LogP contribution in [0.15, 0.2) is 0 Å². The fraction of sp³-hybridized carbons (Fsp3) is 0.875. The quantitative estimate of drug-likeness (QED) is 0.511. The molecular formula is C8H16N2O3. The molecule has 2 N–H and O–H groups in total. The number of nitrogens with zero attached hydrogens (tertiary/aromatic N) is 1. The van der Waals surface area contributed by atoms with Crippen molar-refractivity contribution in [1.29, 1.82) is 0 Å². The molecule has 1 amide bonds. The second-order valence-electron chi connectivity index (χ2n) is 3.09. The smallest absolute Gasteiger partial charge is 0.207 e. The van der Waals surface area contributed by atoms with Crippen molar-refractivity contribution in [2.75, 3.05) is 39.4 Å². The van der Waals surface area contributed by atoms with Crippen molar-refractivity contribution in [1.82, 2.24) is 10.2 Å². The summed E-state index contributed by atoms with van der Waals surface area (Å²) in [7, 11) is 0. The highest BCUT2D eigenvalue weighted by atomic mass is 16.5. The van der Waals surface area contributed by atoms with Gasteiger partial charge in [-0.15, -0.1) is 0 Å². The maximum atomic E-state index is 9.95. The molecule has 5 nitrogen and oxygen atoms in total. The minimum absolute atomic E-state index is 0.320. The van der Waals surface area contributed by atoms with E-state index in [1.807, 2.05) is 0 Å². The van der Waals surface area contributed by atoms with E-state index in [0.717, 1.165) is 26.3 Å². The van der Waals surface area contributed by atoms with E-state index in [1.165, 1.54) is 0 Å². The van der Waals surface area contributed by atoms with Crippen LogP contribution in [0, 0.1) is 0 Å². The number of carbonyl (C=O) groups is 1. The van der Waals surface area contributed by atoms with Crippen molar-refractivity contribution in [2.24, 2.45) is 0 Å². The Bertz CT molecular complexity index is 148. The lowest BCUT2D eigenvalue weighted by molar-refractivity contribution is -0.110. The fourth-order valence-corrected chi connectivity index (χ4v) is 1.33. The highest BCUT2D eigenvalue weighted by molar-refractivity contribution is 5.45. The monoisotopic (exact) mass is 188 g/mol. The first-order chi connectivity index (χ1) is 6.33. The van der Waals surface area contributed by atoms with Gasteiger partial charge in [0.1, 0.15) is 0 Å². The average molecular weight is 188 g/mol. The molecule has 1 saturated heterocycles. The maximum Gasteiger partial charge on any atom is 0.207 e. The van der Waals surface area contributed by atoms with E-state index >= 15 is 0 Å². The molecule has 1 rings (SSSR count). The first-order valence-corrected chi connectivity index (χ1v) is 4.48. The van der Waals surface area contributed by atoms with Crippen LogP contribution < -0.4 is 5.32 Å². The van der Waals surface area contributed by atoms with Crippen molar-refractivity contribution in [3.05, 3.63) is 0 Å². The Kier molecular flexibility index (Phi) is 4.74. The second kappa shape index (κ2) is 5.90. The zero-order valence-electron chi connectivity index (χ0n) is 7.61. The lowest BCUT2D eigenvalue weighted by Crippen LogP contribution is -2.43. The van der Waals surface area contributed by atoms with Gasteiger partial charge in [-0.05, 0) is 0 Å². The van der Waals surface area contributed by atoms with E-state index < -0.39 is 6.10 Å². The van der Waals surface area contributed by atoms with Crippen molar-refractivity contribution < 1.29 is 14.6 Å². The average Bonchev–Trinajstić information content (AvgIpc) is 2.16. The van der Waals surface area contributed by atoms with Crippen molar-refractivity contribution >= 4 is 6.41 Å². The minimum Gasteiger partial charge on any atom is -0.390 e. The second-order valence-corrected chi connectivity index (χ2v) is 3.09. The molecule has 0 radical (unpaired) electrons. The van der Waals surface area contributed by atoms with Gasteiger partial charge in [0.25, 0.3) is 0 Å². The lowest BCUT2D eigenvalue weighted by atomic mass is 10.3. The van der Waals surface area contributed by atoms with Gasteiger partial charge in [0, 0.05) is 26.2 Å². The highest BCUT2D eigenvalue weighted by Crippen LogP contribution is 1.97. The largest absolute Gasteiger partial charge is 0.390 e. The Morgan fingerprint density at radius 1 is 1.54 bits per heavy atom. The molecule has 1 aliphatic rings. The molecule has 0 bridgehead atoms. The number of aliphatic hydroxyl groups is 1. The van der Waals surface area contributed by atoms with Crippen LogP contribution in [-0.4, -0.2) is 61.9 Å². The number of morpholine rings is 1. The van der Waals surface area contributed by atoms with Crippen LogP contribution in [0.3, 0.4) is 0 Å².